The molecule has 2 aliphatic carbocycles. The van der Waals surface area contributed by atoms with Crippen molar-refractivity contribution in [3.63, 3.8) is 0 Å². The Morgan fingerprint density at radius 1 is 1.22 bits per heavy atom. The number of benzene rings is 1. The Hall–Kier alpha value is -2.61. The second-order valence-corrected chi connectivity index (χ2v) is 6.10. The third-order valence-electron chi connectivity index (χ3n) is 4.35. The molecule has 1 N–H and O–H groups in total. The number of fused-ring (bicyclic) bond motifs is 1. The van der Waals surface area contributed by atoms with Gasteiger partial charge < -0.3 is 0 Å². The zero-order valence-electron chi connectivity index (χ0n) is 13.5. The van der Waals surface area contributed by atoms with Crippen LogP contribution < -0.4 is 0 Å². The Bertz CT molecular complexity index is 732. The molecule has 0 radical (unpaired) electrons. The van der Waals surface area contributed by atoms with Gasteiger partial charge in [-0.15, -0.1) is 0 Å². The van der Waals surface area contributed by atoms with Gasteiger partial charge in [0.15, 0.2) is 0 Å². The van der Waals surface area contributed by atoms with Crippen LogP contribution in [0.5, 0.6) is 0 Å². The molecule has 0 saturated heterocycles. The topological polar surface area (TPSA) is 27.1 Å². The lowest BCUT2D eigenvalue weighted by Crippen LogP contribution is -2.29. The van der Waals surface area contributed by atoms with Gasteiger partial charge in [-0.05, 0) is 43.4 Å². The van der Waals surface area contributed by atoms with E-state index in [1.54, 1.807) is 12.2 Å². The quantitative estimate of drug-likeness (QED) is 0.464. The first kappa shape index (κ1) is 15.3. The molecule has 1 saturated carbocycles. The van der Waals surface area contributed by atoms with E-state index in [4.69, 9.17) is 5.41 Å². The van der Waals surface area contributed by atoms with Gasteiger partial charge in [0.1, 0.15) is 5.84 Å². The molecule has 0 bridgehead atoms. The van der Waals surface area contributed by atoms with Crippen molar-refractivity contribution in [1.29, 1.82) is 5.41 Å². The van der Waals surface area contributed by atoms with Crippen LogP contribution in [0.1, 0.15) is 17.5 Å². The molecule has 0 aromatic heterocycles. The Kier molecular flexibility index (Phi) is 4.16. The molecule has 2 atom stereocenters. The van der Waals surface area contributed by atoms with Crippen molar-refractivity contribution in [2.45, 2.75) is 13.3 Å². The van der Waals surface area contributed by atoms with Crippen molar-refractivity contribution < 1.29 is 0 Å². The van der Waals surface area contributed by atoms with Gasteiger partial charge in [0.2, 0.25) is 0 Å². The van der Waals surface area contributed by atoms with Gasteiger partial charge in [-0.3, -0.25) is 10.3 Å². The van der Waals surface area contributed by atoms with Gasteiger partial charge >= 0.3 is 0 Å². The molecule has 0 spiro atoms. The molecule has 2 aliphatic rings. The zero-order chi connectivity index (χ0) is 16.4. The lowest BCUT2D eigenvalue weighted by Gasteiger charge is -2.28. The summed E-state index contributed by atoms with van der Waals surface area (Å²) in [5.41, 5.74) is 3.99. The van der Waals surface area contributed by atoms with Crippen molar-refractivity contribution in [2.75, 3.05) is 0 Å². The van der Waals surface area contributed by atoms with Gasteiger partial charge in [0, 0.05) is 17.0 Å². The van der Waals surface area contributed by atoms with Crippen molar-refractivity contribution >= 4 is 5.84 Å². The summed E-state index contributed by atoms with van der Waals surface area (Å²) in [6.45, 7) is 9.75. The summed E-state index contributed by atoms with van der Waals surface area (Å²) in [6, 6.07) is 8.06. The van der Waals surface area contributed by atoms with E-state index in [0.717, 1.165) is 17.0 Å². The maximum atomic E-state index is 8.71. The van der Waals surface area contributed by atoms with E-state index in [-0.39, 0.29) is 0 Å². The highest BCUT2D eigenvalue weighted by molar-refractivity contribution is 5.99. The second kappa shape index (κ2) is 6.25. The summed E-state index contributed by atoms with van der Waals surface area (Å²) >= 11 is 0. The van der Waals surface area contributed by atoms with Crippen LogP contribution in [0.4, 0.5) is 0 Å². The van der Waals surface area contributed by atoms with Crippen LogP contribution in [-0.4, -0.2) is 10.7 Å². The van der Waals surface area contributed by atoms with Crippen molar-refractivity contribution in [3.8, 4) is 0 Å². The summed E-state index contributed by atoms with van der Waals surface area (Å²) in [7, 11) is 0. The summed E-state index contributed by atoms with van der Waals surface area (Å²) in [4.78, 5) is 1.95. The van der Waals surface area contributed by atoms with E-state index in [2.05, 4.69) is 38.3 Å². The number of hydrogen-bond acceptors (Lipinski definition) is 1. The van der Waals surface area contributed by atoms with Crippen molar-refractivity contribution in [1.82, 2.24) is 4.90 Å². The summed E-state index contributed by atoms with van der Waals surface area (Å²) < 4.78 is 0. The molecule has 0 heterocycles. The predicted octanol–water partition coefficient (Wildman–Crippen LogP) is 4.97. The first-order chi connectivity index (χ1) is 11.1. The smallest absolute Gasteiger partial charge is 0.137 e. The Balaban J connectivity index is 2.00. The summed E-state index contributed by atoms with van der Waals surface area (Å²) in [5.74, 6) is 1.77. The highest BCUT2D eigenvalue weighted by atomic mass is 15.2. The fraction of sp³-hybridized carbons (Fsp3) is 0.190. The standard InChI is InChI=1S/C21H22N2/c1-4-6-19(5-2)23(20-12-11-17-13-18(17)14-20)21(22)16-9-7-15(3)8-10-16/h4-12,14,17-18,22H,1-2,13H2,3H3/b19-6+,22-21?. The number of amidine groups is 1. The van der Waals surface area contributed by atoms with Crippen LogP contribution in [0.15, 0.2) is 85.3 Å². The molecular formula is C21H22N2. The fourth-order valence-corrected chi connectivity index (χ4v) is 2.90. The second-order valence-electron chi connectivity index (χ2n) is 6.10. The normalized spacial score (nSPS) is 22.0. The number of aryl methyl sites for hydroxylation is 1. The number of hydrogen-bond donors (Lipinski definition) is 1. The molecule has 23 heavy (non-hydrogen) atoms. The lowest BCUT2D eigenvalue weighted by atomic mass is 10.1. The maximum Gasteiger partial charge on any atom is 0.137 e. The van der Waals surface area contributed by atoms with Crippen LogP contribution in [0.25, 0.3) is 0 Å². The first-order valence-electron chi connectivity index (χ1n) is 7.95. The molecule has 2 unspecified atom stereocenters. The SMILES string of the molecule is C=C/C=C(\C=C)N(C(=N)c1ccc(C)cc1)C1=CC2CC2C=C1. The van der Waals surface area contributed by atoms with E-state index in [1.165, 1.54) is 12.0 Å². The molecule has 116 valence electrons. The highest BCUT2D eigenvalue weighted by Gasteiger charge is 2.36. The monoisotopic (exact) mass is 302 g/mol. The van der Waals surface area contributed by atoms with Crippen molar-refractivity contribution in [3.05, 3.63) is 96.4 Å². The van der Waals surface area contributed by atoms with Crippen molar-refractivity contribution in [2.24, 2.45) is 11.8 Å². The molecule has 2 nitrogen and oxygen atoms in total. The predicted molar refractivity (Wildman–Crippen MR) is 97.1 cm³/mol. The van der Waals surface area contributed by atoms with Crippen LogP contribution in [0, 0.1) is 24.2 Å². The van der Waals surface area contributed by atoms with E-state index in [9.17, 15) is 0 Å². The Morgan fingerprint density at radius 3 is 2.57 bits per heavy atom. The average Bonchev–Trinajstić information content (AvgIpc) is 3.33. The molecule has 1 aromatic carbocycles. The van der Waals surface area contributed by atoms with Crippen LogP contribution in [0.2, 0.25) is 0 Å². The fourth-order valence-electron chi connectivity index (χ4n) is 2.90. The Labute approximate surface area is 138 Å². The molecule has 0 amide bonds. The lowest BCUT2D eigenvalue weighted by molar-refractivity contribution is 0.653. The minimum absolute atomic E-state index is 0.452. The number of allylic oxidation sites excluding steroid dienone is 6. The van der Waals surface area contributed by atoms with Gasteiger partial charge in [-0.1, -0.05) is 61.2 Å². The van der Waals surface area contributed by atoms with E-state index in [1.807, 2.05) is 35.2 Å². The molecule has 1 fully saturated rings. The minimum Gasteiger partial charge on any atom is -0.295 e. The first-order valence-corrected chi connectivity index (χ1v) is 7.95. The van der Waals surface area contributed by atoms with E-state index < -0.39 is 0 Å². The van der Waals surface area contributed by atoms with E-state index >= 15 is 0 Å². The number of nitrogens with zero attached hydrogens (tertiary/aromatic N) is 1. The molecular weight excluding hydrogens is 280 g/mol. The average molecular weight is 302 g/mol. The molecule has 3 rings (SSSR count). The highest BCUT2D eigenvalue weighted by Crippen LogP contribution is 2.45. The van der Waals surface area contributed by atoms with Crippen LogP contribution in [0.3, 0.4) is 0 Å². The number of nitrogens with one attached hydrogen (secondary N) is 1. The van der Waals surface area contributed by atoms with Gasteiger partial charge in [0.25, 0.3) is 0 Å². The Morgan fingerprint density at radius 2 is 1.96 bits per heavy atom. The maximum absolute atomic E-state index is 8.71. The van der Waals surface area contributed by atoms with Crippen LogP contribution in [-0.2, 0) is 0 Å². The number of rotatable bonds is 5. The van der Waals surface area contributed by atoms with Crippen LogP contribution >= 0.6 is 0 Å². The van der Waals surface area contributed by atoms with Gasteiger partial charge in [-0.25, -0.2) is 0 Å². The molecule has 0 aliphatic heterocycles. The third-order valence-corrected chi connectivity index (χ3v) is 4.35. The van der Waals surface area contributed by atoms with E-state index in [0.29, 0.717) is 17.7 Å². The largest absolute Gasteiger partial charge is 0.295 e. The molecule has 1 aromatic rings. The third kappa shape index (κ3) is 3.11. The minimum atomic E-state index is 0.452. The molecule has 2 heteroatoms. The summed E-state index contributed by atoms with van der Waals surface area (Å²) in [5, 5.41) is 8.71. The zero-order valence-corrected chi connectivity index (χ0v) is 13.5. The van der Waals surface area contributed by atoms with Gasteiger partial charge in [-0.2, -0.15) is 0 Å². The summed E-state index contributed by atoms with van der Waals surface area (Å²) in [6.07, 6.45) is 13.3. The van der Waals surface area contributed by atoms with Gasteiger partial charge in [0.05, 0.1) is 0 Å².